The van der Waals surface area contributed by atoms with Gasteiger partial charge >= 0.3 is 0 Å². The van der Waals surface area contributed by atoms with Crippen LogP contribution in [0.2, 0.25) is 0 Å². The molecule has 0 radical (unpaired) electrons. The number of fused-ring (bicyclic) bond motifs is 1. The summed E-state index contributed by atoms with van der Waals surface area (Å²) in [5, 5.41) is 1.13. The summed E-state index contributed by atoms with van der Waals surface area (Å²) in [6.45, 7) is 3.54. The monoisotopic (exact) mass is 327 g/mol. The Balaban J connectivity index is 1.60. The maximum absolute atomic E-state index is 12.9. The molecular weight excluding hydrogens is 310 g/mol. The van der Waals surface area contributed by atoms with Gasteiger partial charge in [-0.3, -0.25) is 4.79 Å². The lowest BCUT2D eigenvalue weighted by Gasteiger charge is -2.31. The lowest BCUT2D eigenvalue weighted by atomic mass is 9.98. The summed E-state index contributed by atoms with van der Waals surface area (Å²) in [6.07, 6.45) is 10.9. The van der Waals surface area contributed by atoms with Crippen LogP contribution in [-0.4, -0.2) is 43.2 Å². The first kappa shape index (κ1) is 14.3. The molecular formula is C16H17N5OS. The van der Waals surface area contributed by atoms with Crippen molar-refractivity contribution in [2.75, 3.05) is 13.1 Å². The number of amides is 1. The van der Waals surface area contributed by atoms with E-state index >= 15 is 0 Å². The number of aromatic nitrogens is 4. The van der Waals surface area contributed by atoms with Gasteiger partial charge in [-0.2, -0.15) is 0 Å². The van der Waals surface area contributed by atoms with Crippen molar-refractivity contribution in [3.63, 3.8) is 0 Å². The van der Waals surface area contributed by atoms with E-state index in [0.29, 0.717) is 23.8 Å². The van der Waals surface area contributed by atoms with Crippen molar-refractivity contribution in [2.24, 2.45) is 0 Å². The molecule has 0 spiro atoms. The van der Waals surface area contributed by atoms with E-state index in [1.165, 1.54) is 4.88 Å². The minimum Gasteiger partial charge on any atom is -0.336 e. The molecule has 0 unspecified atom stereocenters. The molecule has 0 aromatic carbocycles. The number of thiazole rings is 1. The molecule has 4 heterocycles. The van der Waals surface area contributed by atoms with Crippen molar-refractivity contribution in [1.82, 2.24) is 24.3 Å². The van der Waals surface area contributed by atoms with E-state index in [-0.39, 0.29) is 5.91 Å². The maximum Gasteiger partial charge on any atom is 0.276 e. The predicted octanol–water partition coefficient (Wildman–Crippen LogP) is 2.51. The minimum atomic E-state index is -0.0419. The van der Waals surface area contributed by atoms with Crippen LogP contribution < -0.4 is 0 Å². The van der Waals surface area contributed by atoms with Crippen LogP contribution in [0, 0.1) is 6.92 Å². The quantitative estimate of drug-likeness (QED) is 0.725. The maximum atomic E-state index is 12.9. The van der Waals surface area contributed by atoms with Crippen molar-refractivity contribution in [3.8, 4) is 0 Å². The van der Waals surface area contributed by atoms with Gasteiger partial charge in [-0.25, -0.2) is 15.0 Å². The van der Waals surface area contributed by atoms with Crippen LogP contribution in [0.3, 0.4) is 0 Å². The average molecular weight is 327 g/mol. The average Bonchev–Trinajstić information content (AvgIpc) is 3.22. The number of piperidine rings is 1. The highest BCUT2D eigenvalue weighted by Gasteiger charge is 2.28. The first-order chi connectivity index (χ1) is 11.2. The highest BCUT2D eigenvalue weighted by Crippen LogP contribution is 2.30. The number of hydrogen-bond donors (Lipinski definition) is 0. The Bertz CT molecular complexity index is 855. The van der Waals surface area contributed by atoms with E-state index in [9.17, 15) is 4.79 Å². The van der Waals surface area contributed by atoms with Gasteiger partial charge in [0.05, 0.1) is 5.01 Å². The van der Waals surface area contributed by atoms with Crippen LogP contribution in [0.4, 0.5) is 0 Å². The lowest BCUT2D eigenvalue weighted by Crippen LogP contribution is -2.39. The summed E-state index contributed by atoms with van der Waals surface area (Å²) in [5.74, 6) is 0.283. The molecule has 0 saturated carbocycles. The third-order valence-corrected chi connectivity index (χ3v) is 5.29. The van der Waals surface area contributed by atoms with Gasteiger partial charge in [0.1, 0.15) is 0 Å². The molecule has 23 heavy (non-hydrogen) atoms. The number of hydrogen-bond acceptors (Lipinski definition) is 5. The molecule has 118 valence electrons. The molecule has 3 aromatic rings. The van der Waals surface area contributed by atoms with E-state index in [2.05, 4.69) is 21.9 Å². The molecule has 1 atom stereocenters. The molecule has 7 heteroatoms. The molecule has 0 aliphatic carbocycles. The Morgan fingerprint density at radius 3 is 2.87 bits per heavy atom. The topological polar surface area (TPSA) is 63.4 Å². The summed E-state index contributed by atoms with van der Waals surface area (Å²) in [7, 11) is 0. The van der Waals surface area contributed by atoms with Crippen molar-refractivity contribution in [2.45, 2.75) is 25.7 Å². The van der Waals surface area contributed by atoms with Gasteiger partial charge in [0.15, 0.2) is 11.3 Å². The zero-order chi connectivity index (χ0) is 15.8. The zero-order valence-corrected chi connectivity index (χ0v) is 13.7. The highest BCUT2D eigenvalue weighted by molar-refractivity contribution is 7.11. The van der Waals surface area contributed by atoms with Crippen molar-refractivity contribution in [3.05, 3.63) is 46.6 Å². The summed E-state index contributed by atoms with van der Waals surface area (Å²) in [4.78, 5) is 29.0. The van der Waals surface area contributed by atoms with Gasteiger partial charge in [-0.05, 0) is 19.8 Å². The van der Waals surface area contributed by atoms with Crippen LogP contribution in [0.25, 0.3) is 5.65 Å². The Hall–Kier alpha value is -2.28. The standard InChI is InChI=1S/C16H17N5OS/c1-11-9-19-15(23-11)12-3-2-6-21(10-12)16(22)13-14-18-5-8-20(14)7-4-17-13/h4-5,7-9,12H,2-3,6,10H2,1H3/t12-/m1/s1. The van der Waals surface area contributed by atoms with E-state index in [1.807, 2.05) is 21.7 Å². The fourth-order valence-corrected chi connectivity index (χ4v) is 3.98. The second-order valence-corrected chi connectivity index (χ2v) is 7.10. The molecule has 1 aliphatic rings. The summed E-state index contributed by atoms with van der Waals surface area (Å²) >= 11 is 1.73. The number of aryl methyl sites for hydroxylation is 1. The molecule has 6 nitrogen and oxygen atoms in total. The molecule has 4 rings (SSSR count). The van der Waals surface area contributed by atoms with Crippen molar-refractivity contribution < 1.29 is 4.79 Å². The number of carbonyl (C=O) groups is 1. The van der Waals surface area contributed by atoms with Crippen molar-refractivity contribution >= 4 is 22.9 Å². The van der Waals surface area contributed by atoms with Crippen LogP contribution in [0.15, 0.2) is 31.0 Å². The second kappa shape index (κ2) is 5.73. The number of nitrogens with zero attached hydrogens (tertiary/aromatic N) is 5. The number of imidazole rings is 1. The van der Waals surface area contributed by atoms with E-state index in [0.717, 1.165) is 24.4 Å². The Morgan fingerprint density at radius 2 is 2.09 bits per heavy atom. The fourth-order valence-electron chi connectivity index (χ4n) is 3.08. The highest BCUT2D eigenvalue weighted by atomic mass is 32.1. The predicted molar refractivity (Wildman–Crippen MR) is 87.7 cm³/mol. The van der Waals surface area contributed by atoms with Gasteiger partial charge in [-0.15, -0.1) is 11.3 Å². The van der Waals surface area contributed by atoms with Crippen LogP contribution in [-0.2, 0) is 0 Å². The number of carbonyl (C=O) groups excluding carboxylic acids is 1. The smallest absolute Gasteiger partial charge is 0.276 e. The summed E-state index contributed by atoms with van der Waals surface area (Å²) < 4.78 is 1.83. The Labute approximate surface area is 137 Å². The zero-order valence-electron chi connectivity index (χ0n) is 12.8. The van der Waals surface area contributed by atoms with Gasteiger partial charge < -0.3 is 9.30 Å². The number of rotatable bonds is 2. The van der Waals surface area contributed by atoms with Gasteiger partial charge in [0.25, 0.3) is 5.91 Å². The lowest BCUT2D eigenvalue weighted by molar-refractivity contribution is 0.0702. The van der Waals surface area contributed by atoms with E-state index < -0.39 is 0 Å². The molecule has 1 aliphatic heterocycles. The van der Waals surface area contributed by atoms with Gasteiger partial charge in [0, 0.05) is 54.9 Å². The molecule has 0 N–H and O–H groups in total. The van der Waals surface area contributed by atoms with Gasteiger partial charge in [0.2, 0.25) is 0 Å². The van der Waals surface area contributed by atoms with Crippen molar-refractivity contribution in [1.29, 1.82) is 0 Å². The molecule has 3 aromatic heterocycles. The number of likely N-dealkylation sites (tertiary alicyclic amines) is 1. The van der Waals surface area contributed by atoms with Crippen LogP contribution in [0.5, 0.6) is 0 Å². The van der Waals surface area contributed by atoms with Crippen LogP contribution in [0.1, 0.15) is 39.1 Å². The first-order valence-electron chi connectivity index (χ1n) is 7.71. The molecule has 1 fully saturated rings. The molecule has 0 bridgehead atoms. The largest absolute Gasteiger partial charge is 0.336 e. The third-order valence-electron chi connectivity index (χ3n) is 4.21. The minimum absolute atomic E-state index is 0.0419. The van der Waals surface area contributed by atoms with Crippen LogP contribution >= 0.6 is 11.3 Å². The normalized spacial score (nSPS) is 18.5. The third kappa shape index (κ3) is 2.61. The van der Waals surface area contributed by atoms with E-state index in [4.69, 9.17) is 0 Å². The Kier molecular flexibility index (Phi) is 3.57. The summed E-state index contributed by atoms with van der Waals surface area (Å²) in [5.41, 5.74) is 1.04. The first-order valence-corrected chi connectivity index (χ1v) is 8.53. The fraction of sp³-hybridized carbons (Fsp3) is 0.375. The SMILES string of the molecule is Cc1cnc([C@@H]2CCCN(C(=O)c3nccn4ccnc34)C2)s1. The Morgan fingerprint density at radius 1 is 1.26 bits per heavy atom. The second-order valence-electron chi connectivity index (χ2n) is 5.83. The summed E-state index contributed by atoms with van der Waals surface area (Å²) in [6, 6.07) is 0. The van der Waals surface area contributed by atoms with Gasteiger partial charge in [-0.1, -0.05) is 0 Å². The van der Waals surface area contributed by atoms with E-state index in [1.54, 1.807) is 29.9 Å². The molecule has 1 saturated heterocycles. The molecule has 1 amide bonds.